The van der Waals surface area contributed by atoms with Crippen molar-refractivity contribution in [1.82, 2.24) is 15.2 Å². The summed E-state index contributed by atoms with van der Waals surface area (Å²) in [7, 11) is 1.47. The maximum Gasteiger partial charge on any atom is 0.256 e. The number of rotatable bonds is 4. The van der Waals surface area contributed by atoms with Crippen LogP contribution >= 0.6 is 15.9 Å². The Morgan fingerprint density at radius 3 is 2.75 bits per heavy atom. The minimum Gasteiger partial charge on any atom is -0.496 e. The molecular weight excluding hydrogens is 427 g/mol. The molecule has 2 aromatic heterocycles. The topological polar surface area (TPSA) is 79.9 Å². The van der Waals surface area contributed by atoms with E-state index in [0.29, 0.717) is 33.7 Å². The molecule has 0 unspecified atom stereocenters. The van der Waals surface area contributed by atoms with E-state index in [1.165, 1.54) is 13.2 Å². The van der Waals surface area contributed by atoms with Crippen LogP contribution in [-0.2, 0) is 0 Å². The molecule has 4 aromatic rings. The van der Waals surface area contributed by atoms with E-state index in [2.05, 4.69) is 36.4 Å². The van der Waals surface area contributed by atoms with Gasteiger partial charge in [0.1, 0.15) is 11.6 Å². The summed E-state index contributed by atoms with van der Waals surface area (Å²) in [6.07, 6.45) is 1.54. The maximum atomic E-state index is 14.4. The van der Waals surface area contributed by atoms with E-state index >= 15 is 0 Å². The van der Waals surface area contributed by atoms with Crippen molar-refractivity contribution < 1.29 is 13.9 Å². The Balaban J connectivity index is 1.73. The van der Waals surface area contributed by atoms with Crippen LogP contribution in [0.3, 0.4) is 0 Å². The first-order valence-electron chi connectivity index (χ1n) is 8.30. The van der Waals surface area contributed by atoms with E-state index in [-0.39, 0.29) is 11.5 Å². The van der Waals surface area contributed by atoms with Gasteiger partial charge in [0.05, 0.1) is 30.1 Å². The summed E-state index contributed by atoms with van der Waals surface area (Å²) in [5.41, 5.74) is 1.73. The molecule has 0 fully saturated rings. The largest absolute Gasteiger partial charge is 0.496 e. The lowest BCUT2D eigenvalue weighted by molar-refractivity contribution is 0.102. The van der Waals surface area contributed by atoms with Gasteiger partial charge in [0.15, 0.2) is 5.82 Å². The van der Waals surface area contributed by atoms with Gasteiger partial charge in [-0.25, -0.2) is 4.39 Å². The van der Waals surface area contributed by atoms with Crippen molar-refractivity contribution in [3.63, 3.8) is 0 Å². The molecule has 2 aromatic carbocycles. The number of anilines is 1. The van der Waals surface area contributed by atoms with Crippen LogP contribution in [0.2, 0.25) is 0 Å². The second-order valence-corrected chi connectivity index (χ2v) is 6.88. The highest BCUT2D eigenvalue weighted by molar-refractivity contribution is 9.10. The van der Waals surface area contributed by atoms with Crippen molar-refractivity contribution in [3.05, 3.63) is 70.6 Å². The maximum absolute atomic E-state index is 14.4. The number of hydrogen-bond donors (Lipinski definition) is 2. The summed E-state index contributed by atoms with van der Waals surface area (Å²) in [5.74, 6) is -0.0458. The lowest BCUT2D eigenvalue weighted by Gasteiger charge is -2.09. The molecule has 0 radical (unpaired) electrons. The molecular formula is C20H14BrFN4O2. The number of pyridine rings is 1. The number of aromatic amines is 1. The molecule has 2 heterocycles. The number of ether oxygens (including phenoxy) is 1. The van der Waals surface area contributed by atoms with Crippen molar-refractivity contribution in [2.45, 2.75) is 0 Å². The fourth-order valence-corrected chi connectivity index (χ4v) is 3.12. The molecule has 6 nitrogen and oxygen atoms in total. The van der Waals surface area contributed by atoms with Crippen LogP contribution in [0.5, 0.6) is 5.75 Å². The van der Waals surface area contributed by atoms with Gasteiger partial charge in [-0.1, -0.05) is 22.0 Å². The van der Waals surface area contributed by atoms with E-state index in [1.54, 1.807) is 48.7 Å². The number of halogens is 2. The fraction of sp³-hybridized carbons (Fsp3) is 0.0500. The van der Waals surface area contributed by atoms with Gasteiger partial charge in [-0.05, 0) is 42.5 Å². The number of nitrogens with zero attached hydrogens (tertiary/aromatic N) is 2. The Hall–Kier alpha value is -3.26. The Labute approximate surface area is 167 Å². The standard InChI is InChI=1S/C20H14BrFN4O2/c1-28-17-4-2-3-14(22)18(17)15-9-13-16(10-23-15)25-26-19(13)24-20(27)11-5-7-12(21)8-6-11/h2-10H,1H3,(H2,24,25,26,27). The van der Waals surface area contributed by atoms with Crippen LogP contribution in [0.15, 0.2) is 59.2 Å². The van der Waals surface area contributed by atoms with Gasteiger partial charge in [-0.15, -0.1) is 0 Å². The van der Waals surface area contributed by atoms with Crippen LogP contribution in [-0.4, -0.2) is 28.2 Å². The number of amides is 1. The minimum absolute atomic E-state index is 0.248. The summed E-state index contributed by atoms with van der Waals surface area (Å²) < 4.78 is 20.5. The molecule has 0 saturated heterocycles. The van der Waals surface area contributed by atoms with Gasteiger partial charge in [-0.2, -0.15) is 5.10 Å². The summed E-state index contributed by atoms with van der Waals surface area (Å²) in [4.78, 5) is 16.8. The number of benzene rings is 2. The van der Waals surface area contributed by atoms with Crippen molar-refractivity contribution in [2.75, 3.05) is 12.4 Å². The highest BCUT2D eigenvalue weighted by atomic mass is 79.9. The number of fused-ring (bicyclic) bond motifs is 1. The third kappa shape index (κ3) is 3.34. The average Bonchev–Trinajstić information content (AvgIpc) is 3.10. The number of aromatic nitrogens is 3. The van der Waals surface area contributed by atoms with Crippen molar-refractivity contribution in [2.24, 2.45) is 0 Å². The van der Waals surface area contributed by atoms with E-state index in [4.69, 9.17) is 4.74 Å². The van der Waals surface area contributed by atoms with Gasteiger partial charge >= 0.3 is 0 Å². The molecule has 0 saturated carbocycles. The highest BCUT2D eigenvalue weighted by Crippen LogP contribution is 2.33. The Morgan fingerprint density at radius 2 is 2.00 bits per heavy atom. The molecule has 0 aliphatic heterocycles. The first-order chi connectivity index (χ1) is 13.6. The van der Waals surface area contributed by atoms with Crippen LogP contribution < -0.4 is 10.1 Å². The predicted molar refractivity (Wildman–Crippen MR) is 108 cm³/mol. The molecule has 1 amide bonds. The molecule has 8 heteroatoms. The molecule has 0 aliphatic carbocycles. The number of carbonyl (C=O) groups excluding carboxylic acids is 1. The highest BCUT2D eigenvalue weighted by Gasteiger charge is 2.17. The van der Waals surface area contributed by atoms with E-state index in [0.717, 1.165) is 4.47 Å². The summed E-state index contributed by atoms with van der Waals surface area (Å²) >= 11 is 3.34. The van der Waals surface area contributed by atoms with Crippen LogP contribution in [0.4, 0.5) is 10.2 Å². The minimum atomic E-state index is -0.449. The monoisotopic (exact) mass is 440 g/mol. The lowest BCUT2D eigenvalue weighted by atomic mass is 10.1. The van der Waals surface area contributed by atoms with Crippen molar-refractivity contribution in [1.29, 1.82) is 0 Å². The number of H-pyrrole nitrogens is 1. The first kappa shape index (κ1) is 18.1. The molecule has 0 aliphatic rings. The number of methoxy groups -OCH3 is 1. The SMILES string of the molecule is COc1cccc(F)c1-c1cc2c(NC(=O)c3ccc(Br)cc3)n[nH]c2cn1. The quantitative estimate of drug-likeness (QED) is 0.478. The van der Waals surface area contributed by atoms with Gasteiger partial charge in [-0.3, -0.25) is 14.9 Å². The number of carbonyl (C=O) groups is 1. The number of hydrogen-bond acceptors (Lipinski definition) is 4. The summed E-state index contributed by atoms with van der Waals surface area (Å²) in [5, 5.41) is 10.3. The second-order valence-electron chi connectivity index (χ2n) is 5.97. The van der Waals surface area contributed by atoms with Crippen LogP contribution in [0.1, 0.15) is 10.4 Å². The van der Waals surface area contributed by atoms with Gasteiger partial charge in [0.25, 0.3) is 5.91 Å². The smallest absolute Gasteiger partial charge is 0.256 e. The summed E-state index contributed by atoms with van der Waals surface area (Å²) in [6, 6.07) is 13.2. The van der Waals surface area contributed by atoms with Crippen molar-refractivity contribution in [3.8, 4) is 17.0 Å². The van der Waals surface area contributed by atoms with E-state index < -0.39 is 5.82 Å². The van der Waals surface area contributed by atoms with Crippen LogP contribution in [0.25, 0.3) is 22.2 Å². The first-order valence-corrected chi connectivity index (χ1v) is 9.10. The third-order valence-corrected chi connectivity index (χ3v) is 4.77. The Morgan fingerprint density at radius 1 is 1.21 bits per heavy atom. The van der Waals surface area contributed by atoms with Crippen molar-refractivity contribution >= 4 is 38.6 Å². The average molecular weight is 441 g/mol. The van der Waals surface area contributed by atoms with E-state index in [1.807, 2.05) is 0 Å². The summed E-state index contributed by atoms with van der Waals surface area (Å²) in [6.45, 7) is 0. The number of nitrogens with one attached hydrogen (secondary N) is 2. The molecule has 28 heavy (non-hydrogen) atoms. The van der Waals surface area contributed by atoms with Gasteiger partial charge in [0, 0.05) is 15.4 Å². The fourth-order valence-electron chi connectivity index (χ4n) is 2.85. The molecule has 0 bridgehead atoms. The molecule has 0 spiro atoms. The zero-order valence-electron chi connectivity index (χ0n) is 14.7. The zero-order chi connectivity index (χ0) is 19.7. The predicted octanol–water partition coefficient (Wildman–Crippen LogP) is 4.79. The Bertz CT molecular complexity index is 1170. The molecule has 4 rings (SSSR count). The lowest BCUT2D eigenvalue weighted by Crippen LogP contribution is -2.12. The molecule has 140 valence electrons. The van der Waals surface area contributed by atoms with Gasteiger partial charge < -0.3 is 10.1 Å². The van der Waals surface area contributed by atoms with Gasteiger partial charge in [0.2, 0.25) is 0 Å². The molecule has 0 atom stereocenters. The zero-order valence-corrected chi connectivity index (χ0v) is 16.2. The normalized spacial score (nSPS) is 10.8. The van der Waals surface area contributed by atoms with Crippen LogP contribution in [0, 0.1) is 5.82 Å². The van der Waals surface area contributed by atoms with E-state index in [9.17, 15) is 9.18 Å². The second kappa shape index (κ2) is 7.40. The molecule has 2 N–H and O–H groups in total. The third-order valence-electron chi connectivity index (χ3n) is 4.24. The Kier molecular flexibility index (Phi) is 4.79.